The SMILES string of the molecule is C1CCC(NC2CCCCC2)CC1.Cc1nn(-c2cccc(S(=O)(=O)NCCO)c2)c(=O)[c-]1N=Nc1cc(Cl)cc([N+](=O)[O-])c1O.Cc1nn(-c2cccc(S(=O)(=O)NCCO)c2)c(=O)[c-]1N=Nc1cc(Cl)cc([N+](=O)[O-])c1O.[Cr].[H+]. The summed E-state index contributed by atoms with van der Waals surface area (Å²) in [5.74, 6) is -1.56. The number of hydrogen-bond donors (Lipinski definition) is 7. The zero-order chi connectivity index (χ0) is 57.6. The molecule has 7 N–H and O–H groups in total. The van der Waals surface area contributed by atoms with Crippen molar-refractivity contribution in [2.45, 2.75) is 99.9 Å². The van der Waals surface area contributed by atoms with Crippen LogP contribution in [0.4, 0.5) is 34.1 Å². The molecule has 2 aromatic heterocycles. The van der Waals surface area contributed by atoms with E-state index in [4.69, 9.17) is 33.4 Å². The first-order chi connectivity index (χ1) is 37.5. The predicted octanol–water partition coefficient (Wildman–Crippen LogP) is 7.78. The number of aliphatic hydroxyl groups excluding tert-OH is 2. The van der Waals surface area contributed by atoms with Crippen molar-refractivity contribution in [3.8, 4) is 22.9 Å². The van der Waals surface area contributed by atoms with E-state index in [-0.39, 0.29) is 110 Å². The van der Waals surface area contributed by atoms with Crippen LogP contribution in [0.5, 0.6) is 11.5 Å². The number of phenolic OH excluding ortho intramolecular Hbond substituents is 2. The van der Waals surface area contributed by atoms with Gasteiger partial charge < -0.3 is 45.6 Å². The first-order valence-electron chi connectivity index (χ1n) is 24.4. The maximum atomic E-state index is 12.8. The number of nitrogens with one attached hydrogen (secondary N) is 3. The summed E-state index contributed by atoms with van der Waals surface area (Å²) in [6.45, 7) is 1.77. The normalized spacial score (nSPS) is 14.3. The summed E-state index contributed by atoms with van der Waals surface area (Å²) in [5.41, 5.74) is -3.47. The zero-order valence-corrected chi connectivity index (χ0v) is 47.2. The molecule has 2 saturated carbocycles. The first kappa shape index (κ1) is 64.1. The third-order valence-corrected chi connectivity index (χ3v) is 15.5. The Labute approximate surface area is 479 Å². The van der Waals surface area contributed by atoms with Crippen molar-refractivity contribution in [1.82, 2.24) is 34.3 Å². The van der Waals surface area contributed by atoms with Gasteiger partial charge in [0.1, 0.15) is 22.5 Å². The van der Waals surface area contributed by atoms with Gasteiger partial charge in [-0.3, -0.25) is 20.2 Å². The van der Waals surface area contributed by atoms with E-state index < -0.39 is 63.9 Å². The summed E-state index contributed by atoms with van der Waals surface area (Å²) in [4.78, 5) is 45.7. The predicted molar refractivity (Wildman–Crippen MR) is 291 cm³/mol. The van der Waals surface area contributed by atoms with Crippen LogP contribution in [0.15, 0.2) is 113 Å². The topological polar surface area (TPSA) is 391 Å². The van der Waals surface area contributed by atoms with Gasteiger partial charge in [0.15, 0.2) is 0 Å². The number of sulfonamides is 2. The Morgan fingerprint density at radius 1 is 0.650 bits per heavy atom. The molecule has 0 spiro atoms. The van der Waals surface area contributed by atoms with Crippen LogP contribution in [-0.2, 0) is 37.4 Å². The van der Waals surface area contributed by atoms with Crippen LogP contribution in [0.2, 0.25) is 10.0 Å². The van der Waals surface area contributed by atoms with E-state index in [0.717, 1.165) is 45.7 Å². The monoisotopic (exact) mass is 1220 g/mol. The molecule has 0 saturated heterocycles. The molecular formula is C48H56Cl2CrN13O14S2-. The largest absolute Gasteiger partial charge is 1.00 e. The summed E-state index contributed by atoms with van der Waals surface area (Å²) in [5, 5.41) is 86.5. The summed E-state index contributed by atoms with van der Waals surface area (Å²) in [6.07, 6.45) is 14.6. The van der Waals surface area contributed by atoms with Gasteiger partial charge in [0, 0.05) is 64.7 Å². The molecular weight excluding hydrogens is 1170 g/mol. The Morgan fingerprint density at radius 2 is 1.01 bits per heavy atom. The fourth-order valence-corrected chi connectivity index (χ4v) is 10.9. The van der Waals surface area contributed by atoms with Gasteiger partial charge in [-0.15, -0.1) is 11.4 Å². The fourth-order valence-electron chi connectivity index (χ4n) is 8.32. The van der Waals surface area contributed by atoms with Crippen molar-refractivity contribution in [1.29, 1.82) is 0 Å². The molecule has 0 radical (unpaired) electrons. The molecule has 2 aliphatic rings. The van der Waals surface area contributed by atoms with E-state index >= 15 is 0 Å². The fraction of sp³-hybridized carbons (Fsp3) is 0.375. The quantitative estimate of drug-likeness (QED) is 0.0187. The van der Waals surface area contributed by atoms with Crippen LogP contribution in [0.1, 0.15) is 77.0 Å². The van der Waals surface area contributed by atoms with Gasteiger partial charge in [-0.1, -0.05) is 99.1 Å². The number of halogens is 2. The zero-order valence-electron chi connectivity index (χ0n) is 43.8. The minimum Gasteiger partial charge on any atom is -0.501 e. The van der Waals surface area contributed by atoms with Gasteiger partial charge in [-0.05, 0) is 74.2 Å². The Hall–Kier alpha value is -6.69. The van der Waals surface area contributed by atoms with Crippen molar-refractivity contribution < 1.29 is 65.9 Å². The number of aromatic hydroxyl groups is 2. The smallest absolute Gasteiger partial charge is 0.501 e. The number of benzene rings is 4. The van der Waals surface area contributed by atoms with Crippen molar-refractivity contribution >= 4 is 77.4 Å². The number of aliphatic hydroxyl groups is 2. The van der Waals surface area contributed by atoms with Gasteiger partial charge in [0.2, 0.25) is 31.5 Å². The van der Waals surface area contributed by atoms with Crippen molar-refractivity contribution in [3.05, 3.63) is 135 Å². The molecule has 6 aromatic rings. The number of hydrogen-bond acceptors (Lipinski definition) is 21. The number of rotatable bonds is 18. The van der Waals surface area contributed by atoms with Gasteiger partial charge in [0.05, 0.1) is 44.2 Å². The van der Waals surface area contributed by atoms with E-state index in [1.54, 1.807) is 0 Å². The number of nitrogens with zero attached hydrogens (tertiary/aromatic N) is 10. The van der Waals surface area contributed by atoms with Gasteiger partial charge in [-0.25, -0.2) is 45.8 Å². The van der Waals surface area contributed by atoms with E-state index in [1.807, 2.05) is 0 Å². The minimum absolute atomic E-state index is 0. The third-order valence-electron chi connectivity index (χ3n) is 12.2. The molecule has 2 aliphatic carbocycles. The van der Waals surface area contributed by atoms with E-state index in [1.165, 1.54) is 127 Å². The van der Waals surface area contributed by atoms with Crippen LogP contribution >= 0.6 is 23.2 Å². The molecule has 80 heavy (non-hydrogen) atoms. The number of phenols is 2. The van der Waals surface area contributed by atoms with Crippen LogP contribution < -0.4 is 25.9 Å². The summed E-state index contributed by atoms with van der Waals surface area (Å²) in [6, 6.07) is 16.6. The van der Waals surface area contributed by atoms with E-state index in [0.29, 0.717) is 0 Å². The van der Waals surface area contributed by atoms with Gasteiger partial charge in [-0.2, -0.15) is 10.2 Å². The standard InChI is InChI=1S/2C18H16ClN6O7S.C12H23N.Cr/c2*1-10-16(22-21-14-7-11(19)8-15(17(14)27)25(29)30)18(28)24(23-10)12-3-2-4-13(9-12)33(31,32)20-5-6-26;1-3-7-11(8-4-1)13-12-9-5-2-6-10-12;/h2*2-4,7-9,20,26-27H,5-6H2,1H3;11-13H,1-10H2;/q2*-1;;/p+1. The molecule has 0 unspecified atom stereocenters. The molecule has 4 aromatic carbocycles. The summed E-state index contributed by atoms with van der Waals surface area (Å²) in [7, 11) is -7.85. The van der Waals surface area contributed by atoms with Crippen LogP contribution in [-0.4, -0.2) is 105 Å². The second kappa shape index (κ2) is 29.2. The number of aromatic nitrogens is 4. The Balaban J connectivity index is 0.000000280. The van der Waals surface area contributed by atoms with E-state index in [2.05, 4.69) is 45.4 Å². The molecule has 430 valence electrons. The number of aryl methyl sites for hydroxylation is 2. The molecule has 2 heterocycles. The minimum atomic E-state index is -3.93. The Bertz CT molecular complexity index is 3360. The second-order valence-corrected chi connectivity index (χ2v) is 22.3. The van der Waals surface area contributed by atoms with Crippen molar-refractivity contribution in [3.63, 3.8) is 0 Å². The van der Waals surface area contributed by atoms with Crippen LogP contribution in [0.25, 0.3) is 11.4 Å². The Morgan fingerprint density at radius 3 is 1.35 bits per heavy atom. The molecule has 0 amide bonds. The molecule has 8 rings (SSSR count). The molecule has 0 bridgehead atoms. The van der Waals surface area contributed by atoms with Crippen LogP contribution in [0.3, 0.4) is 0 Å². The van der Waals surface area contributed by atoms with Crippen molar-refractivity contribution in [2.75, 3.05) is 26.3 Å². The van der Waals surface area contributed by atoms with Gasteiger partial charge >= 0.3 is 12.8 Å². The summed E-state index contributed by atoms with van der Waals surface area (Å²) < 4.78 is 55.3. The second-order valence-electron chi connectivity index (χ2n) is 17.9. The maximum Gasteiger partial charge on any atom is 1.00 e. The Kier molecular flexibility index (Phi) is 23.4. The maximum absolute atomic E-state index is 12.8. The first-order valence-corrected chi connectivity index (χ1v) is 28.2. The van der Waals surface area contributed by atoms with Crippen molar-refractivity contribution in [2.24, 2.45) is 20.5 Å². The molecule has 0 aliphatic heterocycles. The van der Waals surface area contributed by atoms with Crippen LogP contribution in [0, 0.1) is 34.1 Å². The molecule has 0 atom stereocenters. The summed E-state index contributed by atoms with van der Waals surface area (Å²) >= 11 is 11.6. The number of nitro benzene ring substituents is 2. The number of nitro groups is 2. The molecule has 32 heteroatoms. The van der Waals surface area contributed by atoms with E-state index in [9.17, 15) is 56.9 Å². The van der Waals surface area contributed by atoms with Gasteiger partial charge in [0.25, 0.3) is 0 Å². The average Bonchev–Trinajstić information content (AvgIpc) is 3.92. The average molecular weight is 1230 g/mol. The molecule has 27 nitrogen and oxygen atoms in total. The molecule has 2 fully saturated rings. The third kappa shape index (κ3) is 16.7. The number of azo groups is 2.